The first-order valence-corrected chi connectivity index (χ1v) is 11.1. The number of hydrogen-bond donors (Lipinski definition) is 3. The lowest BCUT2D eigenvalue weighted by Crippen LogP contribution is -2.43. The van der Waals surface area contributed by atoms with E-state index in [1.807, 2.05) is 6.92 Å². The van der Waals surface area contributed by atoms with Crippen molar-refractivity contribution in [2.75, 3.05) is 16.8 Å². The van der Waals surface area contributed by atoms with Crippen LogP contribution < -0.4 is 21.3 Å². The van der Waals surface area contributed by atoms with Gasteiger partial charge in [0.2, 0.25) is 5.91 Å². The Kier molecular flexibility index (Phi) is 6.32. The maximum atomic E-state index is 13.0. The van der Waals surface area contributed by atoms with Gasteiger partial charge in [-0.25, -0.2) is 9.31 Å². The summed E-state index contributed by atoms with van der Waals surface area (Å²) in [5.74, 6) is -0.820. The summed E-state index contributed by atoms with van der Waals surface area (Å²) < 4.78 is 6.88. The van der Waals surface area contributed by atoms with Crippen molar-refractivity contribution in [3.63, 3.8) is 0 Å². The molecule has 1 fully saturated rings. The number of ether oxygens (including phenoxy) is 1. The number of nitrogens with zero attached hydrogens (tertiary/aromatic N) is 3. The summed E-state index contributed by atoms with van der Waals surface area (Å²) in [6.07, 6.45) is 2.98. The van der Waals surface area contributed by atoms with Crippen LogP contribution in [0.15, 0.2) is 18.5 Å². The van der Waals surface area contributed by atoms with Crippen molar-refractivity contribution in [1.29, 1.82) is 0 Å². The normalized spacial score (nSPS) is 17.8. The zero-order valence-electron chi connectivity index (χ0n) is 20.4. The second-order valence-corrected chi connectivity index (χ2v) is 10.5. The molecule has 0 radical (unpaired) electrons. The van der Waals surface area contributed by atoms with E-state index in [1.165, 1.54) is 6.20 Å². The minimum Gasteiger partial charge on any atom is -0.444 e. The Morgan fingerprint density at radius 2 is 1.91 bits per heavy atom. The van der Waals surface area contributed by atoms with Crippen molar-refractivity contribution >= 4 is 34.8 Å². The molecule has 33 heavy (non-hydrogen) atoms. The second-order valence-electron chi connectivity index (χ2n) is 10.5. The van der Waals surface area contributed by atoms with Gasteiger partial charge >= 0.3 is 6.09 Å². The molecule has 0 saturated carbocycles. The summed E-state index contributed by atoms with van der Waals surface area (Å²) in [5, 5.41) is 10.4. The Morgan fingerprint density at radius 3 is 2.48 bits per heavy atom. The van der Waals surface area contributed by atoms with Crippen LogP contribution >= 0.6 is 0 Å². The third kappa shape index (κ3) is 5.37. The summed E-state index contributed by atoms with van der Waals surface area (Å²) in [7, 11) is 0. The van der Waals surface area contributed by atoms with E-state index in [0.29, 0.717) is 29.9 Å². The predicted octanol–water partition coefficient (Wildman–Crippen LogP) is 2.91. The maximum Gasteiger partial charge on any atom is 0.408 e. The van der Waals surface area contributed by atoms with Gasteiger partial charge in [-0.05, 0) is 45.6 Å². The van der Waals surface area contributed by atoms with E-state index in [-0.39, 0.29) is 22.9 Å². The molecule has 3 heterocycles. The van der Waals surface area contributed by atoms with Crippen LogP contribution in [0.3, 0.4) is 0 Å². The molecule has 1 saturated heterocycles. The number of aromatic nitrogens is 2. The molecule has 2 aromatic rings. The standard InChI is InChI=1S/C23H34N6O4/c1-13(22(2,3)4)26-18-15(19(24)30)11-25-29-12-14(10-17(18)29)28-9-8-16(20(28)31)27-21(32)33-23(5,6)7/h10-13,16,26H,8-9H2,1-7H3,(H2,24,30)(H,27,32)/t13-,16-/m1/s1. The number of amides is 3. The van der Waals surface area contributed by atoms with Crippen LogP contribution in [-0.2, 0) is 9.53 Å². The van der Waals surface area contributed by atoms with Crippen molar-refractivity contribution in [2.45, 2.75) is 72.6 Å². The molecule has 2 aromatic heterocycles. The topological polar surface area (TPSA) is 131 Å². The van der Waals surface area contributed by atoms with Gasteiger partial charge in [-0.1, -0.05) is 20.8 Å². The number of hydrogen-bond acceptors (Lipinski definition) is 6. The number of fused-ring (bicyclic) bond motifs is 1. The quantitative estimate of drug-likeness (QED) is 0.631. The molecule has 3 amide bonds. The Balaban J connectivity index is 1.89. The van der Waals surface area contributed by atoms with Gasteiger partial charge in [-0.3, -0.25) is 9.59 Å². The first kappa shape index (κ1) is 24.3. The van der Waals surface area contributed by atoms with Gasteiger partial charge in [-0.15, -0.1) is 0 Å². The van der Waals surface area contributed by atoms with Crippen LogP contribution in [0.25, 0.3) is 5.52 Å². The first-order valence-electron chi connectivity index (χ1n) is 11.1. The van der Waals surface area contributed by atoms with Crippen LogP contribution in [0.1, 0.15) is 65.2 Å². The average molecular weight is 459 g/mol. The molecule has 1 aliphatic rings. The van der Waals surface area contributed by atoms with E-state index in [0.717, 1.165) is 0 Å². The molecule has 0 spiro atoms. The SMILES string of the molecule is C[C@@H](Nc1c(C(N)=O)cnn2cc(N3CC[C@@H](NC(=O)OC(C)(C)C)C3=O)cc12)C(C)(C)C. The lowest BCUT2D eigenvalue weighted by molar-refractivity contribution is -0.118. The first-order chi connectivity index (χ1) is 15.2. The van der Waals surface area contributed by atoms with Gasteiger partial charge in [0.1, 0.15) is 11.6 Å². The van der Waals surface area contributed by atoms with Crippen molar-refractivity contribution < 1.29 is 19.1 Å². The summed E-state index contributed by atoms with van der Waals surface area (Å²) >= 11 is 0. The van der Waals surface area contributed by atoms with Gasteiger partial charge in [0.15, 0.2) is 0 Å². The van der Waals surface area contributed by atoms with E-state index in [9.17, 15) is 14.4 Å². The lowest BCUT2D eigenvalue weighted by Gasteiger charge is -2.29. The van der Waals surface area contributed by atoms with E-state index >= 15 is 0 Å². The minimum atomic E-state index is -0.671. The number of nitrogens with one attached hydrogen (secondary N) is 2. The highest BCUT2D eigenvalue weighted by atomic mass is 16.6. The van der Waals surface area contributed by atoms with E-state index in [4.69, 9.17) is 10.5 Å². The molecule has 3 rings (SSSR count). The van der Waals surface area contributed by atoms with E-state index < -0.39 is 23.6 Å². The molecule has 0 bridgehead atoms. The van der Waals surface area contributed by atoms with Crippen molar-refractivity contribution in [1.82, 2.24) is 14.9 Å². The molecule has 4 N–H and O–H groups in total. The zero-order valence-corrected chi connectivity index (χ0v) is 20.4. The van der Waals surface area contributed by atoms with Crippen LogP contribution in [0.2, 0.25) is 0 Å². The van der Waals surface area contributed by atoms with Gasteiger partial charge < -0.3 is 26.0 Å². The Labute approximate surface area is 193 Å². The smallest absolute Gasteiger partial charge is 0.408 e. The highest BCUT2D eigenvalue weighted by molar-refractivity contribution is 6.04. The monoisotopic (exact) mass is 458 g/mol. The van der Waals surface area contributed by atoms with E-state index in [2.05, 4.69) is 36.5 Å². The third-order valence-corrected chi connectivity index (χ3v) is 5.76. The maximum absolute atomic E-state index is 13.0. The highest BCUT2D eigenvalue weighted by Gasteiger charge is 2.35. The van der Waals surface area contributed by atoms with Crippen LogP contribution in [0.5, 0.6) is 0 Å². The molecule has 2 atom stereocenters. The minimum absolute atomic E-state index is 0.0241. The molecule has 0 aromatic carbocycles. The fraction of sp³-hybridized carbons (Fsp3) is 0.565. The zero-order chi connectivity index (χ0) is 24.7. The average Bonchev–Trinajstić information content (AvgIpc) is 3.23. The third-order valence-electron chi connectivity index (χ3n) is 5.76. The van der Waals surface area contributed by atoms with Gasteiger partial charge in [0, 0.05) is 12.6 Å². The molecule has 180 valence electrons. The number of rotatable bonds is 5. The Morgan fingerprint density at radius 1 is 1.24 bits per heavy atom. The second kappa shape index (κ2) is 8.57. The summed E-state index contributed by atoms with van der Waals surface area (Å²) in [6.45, 7) is 14.0. The van der Waals surface area contributed by atoms with Crippen LogP contribution in [0.4, 0.5) is 16.2 Å². The number of carbonyl (C=O) groups is 3. The van der Waals surface area contributed by atoms with Gasteiger partial charge in [0.25, 0.3) is 5.91 Å². The number of alkyl carbamates (subject to hydrolysis) is 1. The number of nitrogens with two attached hydrogens (primary N) is 1. The predicted molar refractivity (Wildman–Crippen MR) is 126 cm³/mol. The van der Waals surface area contributed by atoms with Crippen LogP contribution in [0, 0.1) is 5.41 Å². The van der Waals surface area contributed by atoms with Crippen molar-refractivity contribution in [2.24, 2.45) is 11.1 Å². The molecule has 10 nitrogen and oxygen atoms in total. The Bertz CT molecular complexity index is 1080. The van der Waals surface area contributed by atoms with E-state index in [1.54, 1.807) is 42.4 Å². The molecule has 10 heteroatoms. The molecule has 0 unspecified atom stereocenters. The summed E-state index contributed by atoms with van der Waals surface area (Å²) in [5.41, 5.74) is 6.98. The molecular weight excluding hydrogens is 424 g/mol. The molecular formula is C23H34N6O4. The number of anilines is 2. The largest absolute Gasteiger partial charge is 0.444 e. The summed E-state index contributed by atoms with van der Waals surface area (Å²) in [6, 6.07) is 1.15. The number of carbonyl (C=O) groups excluding carboxylic acids is 3. The fourth-order valence-corrected chi connectivity index (χ4v) is 3.48. The molecule has 0 aliphatic carbocycles. The van der Waals surface area contributed by atoms with Gasteiger partial charge in [-0.2, -0.15) is 5.10 Å². The fourth-order valence-electron chi connectivity index (χ4n) is 3.48. The highest BCUT2D eigenvalue weighted by Crippen LogP contribution is 2.32. The van der Waals surface area contributed by atoms with Gasteiger partial charge in [0.05, 0.1) is 34.8 Å². The van der Waals surface area contributed by atoms with Crippen molar-refractivity contribution in [3.05, 3.63) is 24.0 Å². The Hall–Kier alpha value is -3.30. The summed E-state index contributed by atoms with van der Waals surface area (Å²) in [4.78, 5) is 38.8. The van der Waals surface area contributed by atoms with Crippen LogP contribution in [-0.4, -0.2) is 51.8 Å². The lowest BCUT2D eigenvalue weighted by atomic mass is 9.88. The van der Waals surface area contributed by atoms with Crippen molar-refractivity contribution in [3.8, 4) is 0 Å². The molecule has 1 aliphatic heterocycles. The number of primary amides is 1.